The number of halogens is 1. The van der Waals surface area contributed by atoms with Crippen LogP contribution in [0.25, 0.3) is 152 Å². The van der Waals surface area contributed by atoms with E-state index >= 15 is 0 Å². The van der Waals surface area contributed by atoms with Crippen LogP contribution in [0.15, 0.2) is 405 Å². The van der Waals surface area contributed by atoms with Crippen LogP contribution in [0.5, 0.6) is 0 Å². The average molecular weight is 1380 g/mol. The molecule has 0 amide bonds. The van der Waals surface area contributed by atoms with Gasteiger partial charge >= 0.3 is 0 Å². The normalized spacial score (nSPS) is 11.3. The molecule has 0 saturated carbocycles. The standard InChI is InChI=1S/C50H33N.C34H23N.C16H11Br/c1-2-11-38-31-39(19-17-34(38)9-1)35-21-26-43(27-22-35)51(50-33-41-12-4-6-14-46(41)48-15-7-8-16-49(48)50)44-28-23-36(24-29-44)40-25-30-47-42(32-40)20-18-37-10-3-5-13-45(37)47;1-3-9-29-24(7-1)13-14-27-21-25(17-20-31(27)29)23-15-18-28(19-16-23)35-34-22-26-8-2-4-10-30(26)32-11-5-6-12-33(32)34;17-16-9-7-13(8-10-16)15-6-5-12-3-1-2-4-14(12)11-15/h1-33H;1-22,35H;1-11H. The zero-order chi connectivity index (χ0) is 68.6. The maximum Gasteiger partial charge on any atom is 0.0546 e. The van der Waals surface area contributed by atoms with Crippen molar-refractivity contribution in [3.63, 3.8) is 0 Å². The van der Waals surface area contributed by atoms with Crippen LogP contribution in [0.4, 0.5) is 28.4 Å². The molecule has 1 N–H and O–H groups in total. The Hall–Kier alpha value is -12.9. The quantitative estimate of drug-likeness (QED) is 0.145. The third-order valence-corrected chi connectivity index (χ3v) is 20.9. The monoisotopic (exact) mass is 1370 g/mol. The van der Waals surface area contributed by atoms with Crippen LogP contribution in [-0.2, 0) is 0 Å². The van der Waals surface area contributed by atoms with Crippen LogP contribution >= 0.6 is 15.9 Å². The number of hydrogen-bond acceptors (Lipinski definition) is 2. The first-order valence-corrected chi connectivity index (χ1v) is 36.0. The van der Waals surface area contributed by atoms with Crippen molar-refractivity contribution in [3.8, 4) is 44.5 Å². The van der Waals surface area contributed by atoms with E-state index < -0.39 is 0 Å². The van der Waals surface area contributed by atoms with Crippen molar-refractivity contribution < 1.29 is 0 Å². The lowest BCUT2D eigenvalue weighted by atomic mass is 9.97. The maximum atomic E-state index is 3.67. The van der Waals surface area contributed by atoms with Gasteiger partial charge in [0, 0.05) is 38.0 Å². The van der Waals surface area contributed by atoms with E-state index in [9.17, 15) is 0 Å². The molecule has 0 atom stereocenters. The lowest BCUT2D eigenvalue weighted by molar-refractivity contribution is 1.30. The number of nitrogens with zero attached hydrogens (tertiary/aromatic N) is 1. The topological polar surface area (TPSA) is 15.3 Å². The molecule has 20 rings (SSSR count). The van der Waals surface area contributed by atoms with Gasteiger partial charge in [-0.15, -0.1) is 0 Å². The van der Waals surface area contributed by atoms with Gasteiger partial charge in [0.1, 0.15) is 0 Å². The third-order valence-electron chi connectivity index (χ3n) is 20.3. The van der Waals surface area contributed by atoms with Crippen molar-refractivity contribution in [3.05, 3.63) is 405 Å². The molecule has 0 unspecified atom stereocenters. The van der Waals surface area contributed by atoms with E-state index in [4.69, 9.17) is 0 Å². The molecule has 0 fully saturated rings. The van der Waals surface area contributed by atoms with Crippen LogP contribution in [0, 0.1) is 0 Å². The van der Waals surface area contributed by atoms with Crippen LogP contribution in [-0.4, -0.2) is 0 Å². The zero-order valence-electron chi connectivity index (χ0n) is 56.4. The van der Waals surface area contributed by atoms with Crippen LogP contribution < -0.4 is 10.2 Å². The Morgan fingerprint density at radius 3 is 0.932 bits per heavy atom. The summed E-state index contributed by atoms with van der Waals surface area (Å²) in [5.41, 5.74) is 15.4. The molecule has 3 heteroatoms. The number of anilines is 5. The molecule has 0 heterocycles. The number of nitrogens with one attached hydrogen (secondary N) is 1. The minimum absolute atomic E-state index is 1.08. The summed E-state index contributed by atoms with van der Waals surface area (Å²) in [6.07, 6.45) is 0. The number of benzene rings is 20. The molecular weight excluding hydrogens is 1310 g/mol. The second kappa shape index (κ2) is 27.3. The van der Waals surface area contributed by atoms with Gasteiger partial charge in [-0.3, -0.25) is 0 Å². The Balaban J connectivity index is 0.000000125. The van der Waals surface area contributed by atoms with Crippen molar-refractivity contribution in [2.45, 2.75) is 0 Å². The van der Waals surface area contributed by atoms with E-state index in [0.717, 1.165) is 32.9 Å². The van der Waals surface area contributed by atoms with Gasteiger partial charge in [-0.25, -0.2) is 0 Å². The van der Waals surface area contributed by atoms with E-state index in [-0.39, 0.29) is 0 Å². The molecule has 0 bridgehead atoms. The molecule has 0 aromatic heterocycles. The van der Waals surface area contributed by atoms with Crippen molar-refractivity contribution in [2.24, 2.45) is 0 Å². The Morgan fingerprint density at radius 1 is 0.184 bits per heavy atom. The predicted octanol–water partition coefficient (Wildman–Crippen LogP) is 29.2. The summed E-state index contributed by atoms with van der Waals surface area (Å²) in [4.78, 5) is 2.41. The molecule has 0 spiro atoms. The van der Waals surface area contributed by atoms with Crippen LogP contribution in [0.3, 0.4) is 0 Å². The van der Waals surface area contributed by atoms with E-state index in [0.29, 0.717) is 0 Å². The van der Waals surface area contributed by atoms with Gasteiger partial charge in [0.2, 0.25) is 0 Å². The summed E-state index contributed by atoms with van der Waals surface area (Å²) in [5.74, 6) is 0. The lowest BCUT2D eigenvalue weighted by Crippen LogP contribution is -2.10. The van der Waals surface area contributed by atoms with Gasteiger partial charge in [0.05, 0.1) is 5.69 Å². The SMILES string of the molecule is Brc1ccc(-c2ccc3ccccc3c2)cc1.c1ccc2c(c1)ccc1cc(-c3ccc(Nc4cc5ccccc5c5ccccc45)cc3)ccc12.c1ccc2cc(-c3ccc(N(c4ccc(-c5ccc6c(ccc7ccccc76)c5)cc4)c4cc5ccccc5c5ccccc45)cc3)ccc2c1. The van der Waals surface area contributed by atoms with Crippen molar-refractivity contribution in [1.29, 1.82) is 0 Å². The summed E-state index contributed by atoms with van der Waals surface area (Å²) in [6.45, 7) is 0. The van der Waals surface area contributed by atoms with E-state index in [1.165, 1.54) is 152 Å². The molecule has 20 aromatic rings. The molecule has 2 nitrogen and oxygen atoms in total. The van der Waals surface area contributed by atoms with Crippen molar-refractivity contribution in [2.75, 3.05) is 10.2 Å². The first kappa shape index (κ1) is 62.3. The third kappa shape index (κ3) is 12.4. The summed E-state index contributed by atoms with van der Waals surface area (Å²) >= 11 is 3.46. The smallest absolute Gasteiger partial charge is 0.0546 e. The zero-order valence-corrected chi connectivity index (χ0v) is 58.0. The van der Waals surface area contributed by atoms with Crippen molar-refractivity contribution >= 4 is 152 Å². The molecule has 0 saturated heterocycles. The fourth-order valence-electron chi connectivity index (χ4n) is 15.1. The fourth-order valence-corrected chi connectivity index (χ4v) is 15.3. The Kier molecular flexibility index (Phi) is 16.5. The van der Waals surface area contributed by atoms with E-state index in [2.05, 4.69) is 427 Å². The number of fused-ring (bicyclic) bond motifs is 14. The molecular formula is C100H67BrN2. The molecule has 0 radical (unpaired) electrons. The second-order valence-corrected chi connectivity index (χ2v) is 27.5. The van der Waals surface area contributed by atoms with Crippen molar-refractivity contribution in [1.82, 2.24) is 0 Å². The highest BCUT2D eigenvalue weighted by Gasteiger charge is 2.19. The highest BCUT2D eigenvalue weighted by atomic mass is 79.9. The molecule has 0 aliphatic rings. The molecule has 103 heavy (non-hydrogen) atoms. The highest BCUT2D eigenvalue weighted by Crippen LogP contribution is 2.44. The number of hydrogen-bond donors (Lipinski definition) is 1. The summed E-state index contributed by atoms with van der Waals surface area (Å²) < 4.78 is 1.11. The fraction of sp³-hybridized carbons (Fsp3) is 0. The molecule has 0 aliphatic heterocycles. The van der Waals surface area contributed by atoms with Gasteiger partial charge in [-0.1, -0.05) is 331 Å². The highest BCUT2D eigenvalue weighted by molar-refractivity contribution is 9.10. The largest absolute Gasteiger partial charge is 0.355 e. The first-order chi connectivity index (χ1) is 50.9. The first-order valence-electron chi connectivity index (χ1n) is 35.2. The van der Waals surface area contributed by atoms with Gasteiger partial charge in [-0.05, 0) is 226 Å². The lowest BCUT2D eigenvalue weighted by Gasteiger charge is -2.28. The van der Waals surface area contributed by atoms with Gasteiger partial charge < -0.3 is 10.2 Å². The number of rotatable bonds is 9. The summed E-state index contributed by atoms with van der Waals surface area (Å²) in [7, 11) is 0. The summed E-state index contributed by atoms with van der Waals surface area (Å²) in [6, 6.07) is 145. The Morgan fingerprint density at radius 2 is 0.466 bits per heavy atom. The summed E-state index contributed by atoms with van der Waals surface area (Å²) in [5, 5.41) is 29.0. The molecule has 484 valence electrons. The van der Waals surface area contributed by atoms with Gasteiger partial charge in [-0.2, -0.15) is 0 Å². The van der Waals surface area contributed by atoms with Gasteiger partial charge in [0.25, 0.3) is 0 Å². The van der Waals surface area contributed by atoms with Crippen LogP contribution in [0.1, 0.15) is 0 Å². The Bertz CT molecular complexity index is 6580. The van der Waals surface area contributed by atoms with Gasteiger partial charge in [0.15, 0.2) is 0 Å². The minimum atomic E-state index is 1.08. The van der Waals surface area contributed by atoms with Crippen LogP contribution in [0.2, 0.25) is 0 Å². The predicted molar refractivity (Wildman–Crippen MR) is 448 cm³/mol. The maximum absolute atomic E-state index is 3.67. The Labute approximate surface area is 607 Å². The molecule has 20 aromatic carbocycles. The van der Waals surface area contributed by atoms with E-state index in [1.54, 1.807) is 0 Å². The minimum Gasteiger partial charge on any atom is -0.355 e. The van der Waals surface area contributed by atoms with E-state index in [1.807, 2.05) is 0 Å². The molecule has 0 aliphatic carbocycles. The average Bonchev–Trinajstić information content (AvgIpc) is 0.752. The second-order valence-electron chi connectivity index (χ2n) is 26.6.